The van der Waals surface area contributed by atoms with E-state index in [0.717, 1.165) is 18.9 Å². The summed E-state index contributed by atoms with van der Waals surface area (Å²) in [5, 5.41) is 12.2. The minimum atomic E-state index is -0.972. The maximum atomic E-state index is 10.9. The quantitative estimate of drug-likeness (QED) is 0.700. The second-order valence-corrected chi connectivity index (χ2v) is 4.45. The monoisotopic (exact) mass is 235 g/mol. The van der Waals surface area contributed by atoms with Crippen molar-refractivity contribution in [1.82, 2.24) is 15.3 Å². The van der Waals surface area contributed by atoms with Crippen LogP contribution in [0.15, 0.2) is 12.5 Å². The van der Waals surface area contributed by atoms with E-state index in [2.05, 4.69) is 15.3 Å². The van der Waals surface area contributed by atoms with Gasteiger partial charge >= 0.3 is 5.97 Å². The Morgan fingerprint density at radius 3 is 3.06 bits per heavy atom. The third-order valence-corrected chi connectivity index (χ3v) is 2.98. The Morgan fingerprint density at radius 1 is 1.53 bits per heavy atom. The minimum Gasteiger partial charge on any atom is -0.478 e. The fourth-order valence-electron chi connectivity index (χ4n) is 1.80. The Bertz CT molecular complexity index is 391. The molecule has 92 valence electrons. The van der Waals surface area contributed by atoms with Crippen molar-refractivity contribution >= 4 is 5.97 Å². The van der Waals surface area contributed by atoms with Crippen LogP contribution in [0.5, 0.6) is 0 Å². The van der Waals surface area contributed by atoms with Crippen LogP contribution in [0.2, 0.25) is 0 Å². The Hall–Kier alpha value is -1.49. The summed E-state index contributed by atoms with van der Waals surface area (Å²) in [4.78, 5) is 18.6. The molecule has 1 fully saturated rings. The fourth-order valence-corrected chi connectivity index (χ4v) is 1.80. The highest BCUT2D eigenvalue weighted by atomic mass is 16.4. The second-order valence-electron chi connectivity index (χ2n) is 4.45. The zero-order valence-corrected chi connectivity index (χ0v) is 9.72. The van der Waals surface area contributed by atoms with Crippen molar-refractivity contribution in [2.45, 2.75) is 32.2 Å². The van der Waals surface area contributed by atoms with Crippen LogP contribution in [0.1, 0.15) is 41.7 Å². The summed E-state index contributed by atoms with van der Waals surface area (Å²) in [6, 6.07) is 0. The zero-order chi connectivity index (χ0) is 12.1. The molecule has 1 heterocycles. The second kappa shape index (κ2) is 5.72. The van der Waals surface area contributed by atoms with Crippen molar-refractivity contribution in [3.8, 4) is 0 Å². The van der Waals surface area contributed by atoms with Gasteiger partial charge in [0.15, 0.2) is 0 Å². The Balaban J connectivity index is 1.75. The molecular formula is C12H17N3O2. The molecule has 2 N–H and O–H groups in total. The third-order valence-electron chi connectivity index (χ3n) is 2.98. The van der Waals surface area contributed by atoms with Gasteiger partial charge in [-0.25, -0.2) is 14.8 Å². The van der Waals surface area contributed by atoms with Gasteiger partial charge in [0, 0.05) is 12.7 Å². The molecule has 0 atom stereocenters. The van der Waals surface area contributed by atoms with Gasteiger partial charge in [-0.15, -0.1) is 0 Å². The molecule has 5 heteroatoms. The molecule has 0 aromatic carbocycles. The third kappa shape index (κ3) is 3.78. The van der Waals surface area contributed by atoms with Gasteiger partial charge in [-0.1, -0.05) is 12.8 Å². The van der Waals surface area contributed by atoms with E-state index in [0.29, 0.717) is 12.2 Å². The largest absolute Gasteiger partial charge is 0.478 e. The molecule has 0 amide bonds. The first-order chi connectivity index (χ1) is 8.27. The molecule has 0 saturated heterocycles. The van der Waals surface area contributed by atoms with E-state index in [1.807, 2.05) is 0 Å². The number of hydrogen-bond donors (Lipinski definition) is 2. The predicted molar refractivity (Wildman–Crippen MR) is 62.7 cm³/mol. The molecule has 1 aromatic heterocycles. The first kappa shape index (κ1) is 12.0. The topological polar surface area (TPSA) is 75.1 Å². The van der Waals surface area contributed by atoms with Crippen molar-refractivity contribution in [3.05, 3.63) is 23.8 Å². The highest BCUT2D eigenvalue weighted by molar-refractivity contribution is 5.88. The summed E-state index contributed by atoms with van der Waals surface area (Å²) >= 11 is 0. The van der Waals surface area contributed by atoms with E-state index in [-0.39, 0.29) is 5.56 Å². The van der Waals surface area contributed by atoms with Crippen molar-refractivity contribution in [1.29, 1.82) is 0 Å². The lowest BCUT2D eigenvalue weighted by Gasteiger charge is -2.06. The lowest BCUT2D eigenvalue weighted by Crippen LogP contribution is -2.18. The van der Waals surface area contributed by atoms with Crippen molar-refractivity contribution in [2.75, 3.05) is 6.54 Å². The maximum absolute atomic E-state index is 10.9. The number of carboxylic acid groups (broad SMARTS) is 1. The van der Waals surface area contributed by atoms with Crippen LogP contribution in [-0.2, 0) is 6.54 Å². The van der Waals surface area contributed by atoms with Gasteiger partial charge < -0.3 is 10.4 Å². The number of nitrogens with zero attached hydrogens (tertiary/aromatic N) is 2. The van der Waals surface area contributed by atoms with Crippen molar-refractivity contribution < 1.29 is 9.90 Å². The van der Waals surface area contributed by atoms with Crippen LogP contribution in [-0.4, -0.2) is 27.6 Å². The van der Waals surface area contributed by atoms with E-state index in [1.165, 1.54) is 31.8 Å². The molecule has 5 nitrogen and oxygen atoms in total. The van der Waals surface area contributed by atoms with Gasteiger partial charge in [0.25, 0.3) is 0 Å². The summed E-state index contributed by atoms with van der Waals surface area (Å²) in [7, 11) is 0. The first-order valence-corrected chi connectivity index (χ1v) is 6.00. The number of aromatic carboxylic acids is 1. The predicted octanol–water partition coefficient (Wildman–Crippen LogP) is 1.45. The van der Waals surface area contributed by atoms with Crippen LogP contribution in [0.4, 0.5) is 0 Å². The molecule has 2 rings (SSSR count). The summed E-state index contributed by atoms with van der Waals surface area (Å²) in [5.41, 5.74) is 0.737. The van der Waals surface area contributed by atoms with E-state index < -0.39 is 5.97 Å². The number of hydrogen-bond acceptors (Lipinski definition) is 4. The zero-order valence-electron chi connectivity index (χ0n) is 9.72. The molecule has 1 saturated carbocycles. The number of rotatable bonds is 7. The number of nitrogens with one attached hydrogen (secondary N) is 1. The number of carbonyl (C=O) groups is 1. The Morgan fingerprint density at radius 2 is 2.35 bits per heavy atom. The van der Waals surface area contributed by atoms with Gasteiger partial charge in [0.2, 0.25) is 0 Å². The normalized spacial score (nSPS) is 14.8. The molecule has 0 aliphatic heterocycles. The average Bonchev–Trinajstić information content (AvgIpc) is 3.13. The van der Waals surface area contributed by atoms with E-state index in [1.54, 1.807) is 0 Å². The maximum Gasteiger partial charge on any atom is 0.339 e. The number of aromatic nitrogens is 2. The van der Waals surface area contributed by atoms with Gasteiger partial charge in [-0.2, -0.15) is 0 Å². The Labute approximate surface area is 100 Å². The van der Waals surface area contributed by atoms with Crippen LogP contribution >= 0.6 is 0 Å². The summed E-state index contributed by atoms with van der Waals surface area (Å²) < 4.78 is 0. The fraction of sp³-hybridized carbons (Fsp3) is 0.583. The lowest BCUT2D eigenvalue weighted by molar-refractivity contribution is 0.0694. The van der Waals surface area contributed by atoms with Crippen molar-refractivity contribution in [2.24, 2.45) is 5.92 Å². The van der Waals surface area contributed by atoms with Gasteiger partial charge in [-0.3, -0.25) is 0 Å². The summed E-state index contributed by atoms with van der Waals surface area (Å²) in [6.07, 6.45) is 7.93. The van der Waals surface area contributed by atoms with Gasteiger partial charge in [0.1, 0.15) is 11.9 Å². The first-order valence-electron chi connectivity index (χ1n) is 6.00. The molecular weight excluding hydrogens is 218 g/mol. The molecule has 0 bridgehead atoms. The van der Waals surface area contributed by atoms with Crippen LogP contribution in [0.3, 0.4) is 0 Å². The van der Waals surface area contributed by atoms with E-state index in [9.17, 15) is 4.79 Å². The molecule has 1 aliphatic carbocycles. The number of carboxylic acids is 1. The minimum absolute atomic E-state index is 0.183. The summed E-state index contributed by atoms with van der Waals surface area (Å²) in [6.45, 7) is 1.41. The molecule has 1 aromatic rings. The smallest absolute Gasteiger partial charge is 0.339 e. The summed E-state index contributed by atoms with van der Waals surface area (Å²) in [5.74, 6) is -0.0224. The highest BCUT2D eigenvalue weighted by Gasteiger charge is 2.19. The average molecular weight is 235 g/mol. The van der Waals surface area contributed by atoms with E-state index in [4.69, 9.17) is 5.11 Å². The molecule has 0 spiro atoms. The molecule has 1 aliphatic rings. The highest BCUT2D eigenvalue weighted by Crippen LogP contribution is 2.33. The molecule has 17 heavy (non-hydrogen) atoms. The SMILES string of the molecule is O=C(O)c1cncnc1CNCCCC1CC1. The van der Waals surface area contributed by atoms with E-state index >= 15 is 0 Å². The lowest BCUT2D eigenvalue weighted by atomic mass is 10.2. The molecule has 0 unspecified atom stereocenters. The molecule has 0 radical (unpaired) electrons. The Kier molecular flexibility index (Phi) is 4.03. The van der Waals surface area contributed by atoms with Gasteiger partial charge in [-0.05, 0) is 25.3 Å². The standard InChI is InChI=1S/C12H17N3O2/c16-12(17)10-6-14-8-15-11(10)7-13-5-1-2-9-3-4-9/h6,8-9,13H,1-5,7H2,(H,16,17). The van der Waals surface area contributed by atoms with Gasteiger partial charge in [0.05, 0.1) is 5.69 Å². The van der Waals surface area contributed by atoms with Crippen LogP contribution in [0.25, 0.3) is 0 Å². The van der Waals surface area contributed by atoms with Crippen LogP contribution in [0, 0.1) is 5.92 Å². The van der Waals surface area contributed by atoms with Crippen LogP contribution < -0.4 is 5.32 Å². The van der Waals surface area contributed by atoms with Crippen molar-refractivity contribution in [3.63, 3.8) is 0 Å².